The minimum absolute atomic E-state index is 0.0147. The maximum atomic E-state index is 11.8. The van der Waals surface area contributed by atoms with Crippen molar-refractivity contribution >= 4 is 5.97 Å². The van der Waals surface area contributed by atoms with Crippen LogP contribution in [0.5, 0.6) is 0 Å². The summed E-state index contributed by atoms with van der Waals surface area (Å²) in [5.41, 5.74) is 0.601. The lowest BCUT2D eigenvalue weighted by molar-refractivity contribution is -0.00404. The van der Waals surface area contributed by atoms with E-state index in [9.17, 15) is 4.79 Å². The van der Waals surface area contributed by atoms with E-state index in [-0.39, 0.29) is 17.5 Å². The lowest BCUT2D eigenvalue weighted by Crippen LogP contribution is -2.31. The molecule has 0 amide bonds. The Morgan fingerprint density at radius 1 is 1.25 bits per heavy atom. The molecule has 16 heavy (non-hydrogen) atoms. The zero-order valence-corrected chi connectivity index (χ0v) is 10.5. The number of esters is 1. The van der Waals surface area contributed by atoms with Gasteiger partial charge in [-0.3, -0.25) is 0 Å². The van der Waals surface area contributed by atoms with E-state index in [1.165, 1.54) is 0 Å². The molecular formula is C14H20O2. The molecule has 0 bridgehead atoms. The van der Waals surface area contributed by atoms with Crippen LogP contribution in [-0.4, -0.2) is 12.1 Å². The first kappa shape index (κ1) is 12.8. The maximum absolute atomic E-state index is 11.8. The Hall–Kier alpha value is -1.31. The molecule has 1 rings (SSSR count). The van der Waals surface area contributed by atoms with Crippen LogP contribution in [0.2, 0.25) is 0 Å². The molecule has 0 saturated carbocycles. The Bertz CT molecular complexity index is 336. The van der Waals surface area contributed by atoms with Crippen LogP contribution in [-0.2, 0) is 4.74 Å². The first-order valence-electron chi connectivity index (χ1n) is 5.71. The molecule has 0 aliphatic rings. The summed E-state index contributed by atoms with van der Waals surface area (Å²) >= 11 is 0. The van der Waals surface area contributed by atoms with Crippen molar-refractivity contribution in [1.82, 2.24) is 0 Å². The highest BCUT2D eigenvalue weighted by atomic mass is 16.5. The number of ether oxygens (including phenoxy) is 1. The van der Waals surface area contributed by atoms with Crippen molar-refractivity contribution in [1.29, 1.82) is 0 Å². The summed E-state index contributed by atoms with van der Waals surface area (Å²) in [7, 11) is 0. The van der Waals surface area contributed by atoms with Crippen molar-refractivity contribution in [3.63, 3.8) is 0 Å². The second-order valence-corrected chi connectivity index (χ2v) is 5.03. The molecule has 0 saturated heterocycles. The quantitative estimate of drug-likeness (QED) is 0.726. The molecule has 0 aliphatic carbocycles. The SMILES string of the molecule is CCC(OC(=O)c1ccccc1)C(C)(C)C. The molecule has 0 aromatic heterocycles. The highest BCUT2D eigenvalue weighted by Crippen LogP contribution is 2.25. The van der Waals surface area contributed by atoms with E-state index in [4.69, 9.17) is 4.74 Å². The van der Waals surface area contributed by atoms with Gasteiger partial charge in [0.25, 0.3) is 0 Å². The van der Waals surface area contributed by atoms with Crippen LogP contribution in [0.25, 0.3) is 0 Å². The zero-order valence-electron chi connectivity index (χ0n) is 10.5. The van der Waals surface area contributed by atoms with Gasteiger partial charge in [-0.15, -0.1) is 0 Å². The zero-order chi connectivity index (χ0) is 12.2. The molecule has 0 radical (unpaired) electrons. The third kappa shape index (κ3) is 3.37. The largest absolute Gasteiger partial charge is 0.458 e. The molecule has 0 spiro atoms. The Kier molecular flexibility index (Phi) is 4.11. The second-order valence-electron chi connectivity index (χ2n) is 5.03. The summed E-state index contributed by atoms with van der Waals surface area (Å²) < 4.78 is 5.51. The molecule has 88 valence electrons. The number of carbonyl (C=O) groups is 1. The molecule has 2 nitrogen and oxygen atoms in total. The van der Waals surface area contributed by atoms with E-state index in [0.29, 0.717) is 5.56 Å². The average Bonchev–Trinajstić information content (AvgIpc) is 2.25. The van der Waals surface area contributed by atoms with Gasteiger partial charge in [0.15, 0.2) is 0 Å². The standard InChI is InChI=1S/C14H20O2/c1-5-12(14(2,3)4)16-13(15)11-9-7-6-8-10-11/h6-10,12H,5H2,1-4H3. The number of hydrogen-bond donors (Lipinski definition) is 0. The normalized spacial score (nSPS) is 13.2. The van der Waals surface area contributed by atoms with Crippen LogP contribution >= 0.6 is 0 Å². The van der Waals surface area contributed by atoms with E-state index < -0.39 is 0 Å². The molecule has 1 aromatic carbocycles. The van der Waals surface area contributed by atoms with Gasteiger partial charge in [0.1, 0.15) is 6.10 Å². The number of carbonyl (C=O) groups excluding carboxylic acids is 1. The van der Waals surface area contributed by atoms with Gasteiger partial charge in [-0.05, 0) is 24.0 Å². The van der Waals surface area contributed by atoms with E-state index in [1.54, 1.807) is 12.1 Å². The smallest absolute Gasteiger partial charge is 0.338 e. The molecule has 0 N–H and O–H groups in total. The summed E-state index contributed by atoms with van der Waals surface area (Å²) in [4.78, 5) is 11.8. The average molecular weight is 220 g/mol. The van der Waals surface area contributed by atoms with Crippen molar-refractivity contribution in [2.45, 2.75) is 40.2 Å². The van der Waals surface area contributed by atoms with E-state index in [0.717, 1.165) is 6.42 Å². The van der Waals surface area contributed by atoms with Crippen LogP contribution in [0.4, 0.5) is 0 Å². The number of benzene rings is 1. The predicted octanol–water partition coefficient (Wildman–Crippen LogP) is 3.67. The second kappa shape index (κ2) is 5.15. The Morgan fingerprint density at radius 3 is 2.25 bits per heavy atom. The first-order valence-corrected chi connectivity index (χ1v) is 5.71. The van der Waals surface area contributed by atoms with Crippen LogP contribution < -0.4 is 0 Å². The fraction of sp³-hybridized carbons (Fsp3) is 0.500. The molecular weight excluding hydrogens is 200 g/mol. The first-order chi connectivity index (χ1) is 7.45. The van der Waals surface area contributed by atoms with E-state index >= 15 is 0 Å². The number of hydrogen-bond acceptors (Lipinski definition) is 2. The van der Waals surface area contributed by atoms with Crippen LogP contribution in [0, 0.1) is 5.41 Å². The molecule has 0 aliphatic heterocycles. The molecule has 1 aromatic rings. The third-order valence-corrected chi connectivity index (χ3v) is 2.60. The summed E-state index contributed by atoms with van der Waals surface area (Å²) in [6, 6.07) is 9.12. The van der Waals surface area contributed by atoms with Crippen LogP contribution in [0.15, 0.2) is 30.3 Å². The van der Waals surface area contributed by atoms with Gasteiger partial charge >= 0.3 is 5.97 Å². The Morgan fingerprint density at radius 2 is 1.81 bits per heavy atom. The maximum Gasteiger partial charge on any atom is 0.338 e. The summed E-state index contributed by atoms with van der Waals surface area (Å²) in [5, 5.41) is 0. The topological polar surface area (TPSA) is 26.3 Å². The van der Waals surface area contributed by atoms with Crippen LogP contribution in [0.1, 0.15) is 44.5 Å². The van der Waals surface area contributed by atoms with Gasteiger partial charge in [-0.25, -0.2) is 4.79 Å². The monoisotopic (exact) mass is 220 g/mol. The fourth-order valence-electron chi connectivity index (χ4n) is 1.64. The van der Waals surface area contributed by atoms with Gasteiger partial charge in [-0.1, -0.05) is 45.9 Å². The van der Waals surface area contributed by atoms with E-state index in [2.05, 4.69) is 20.8 Å². The lowest BCUT2D eigenvalue weighted by Gasteiger charge is -2.29. The van der Waals surface area contributed by atoms with Gasteiger partial charge in [-0.2, -0.15) is 0 Å². The third-order valence-electron chi connectivity index (χ3n) is 2.60. The molecule has 0 fully saturated rings. The number of rotatable bonds is 3. The lowest BCUT2D eigenvalue weighted by atomic mass is 9.87. The van der Waals surface area contributed by atoms with Crippen molar-refractivity contribution in [2.75, 3.05) is 0 Å². The van der Waals surface area contributed by atoms with Crippen LogP contribution in [0.3, 0.4) is 0 Å². The summed E-state index contributed by atoms with van der Waals surface area (Å²) in [6.45, 7) is 8.28. The molecule has 0 heterocycles. The summed E-state index contributed by atoms with van der Waals surface area (Å²) in [5.74, 6) is -0.234. The van der Waals surface area contributed by atoms with Crippen molar-refractivity contribution in [2.24, 2.45) is 5.41 Å². The molecule has 2 heteroatoms. The highest BCUT2D eigenvalue weighted by Gasteiger charge is 2.26. The fourth-order valence-corrected chi connectivity index (χ4v) is 1.64. The van der Waals surface area contributed by atoms with Gasteiger partial charge in [0, 0.05) is 0 Å². The van der Waals surface area contributed by atoms with Gasteiger partial charge in [0.05, 0.1) is 5.56 Å². The van der Waals surface area contributed by atoms with Gasteiger partial charge < -0.3 is 4.74 Å². The molecule has 1 unspecified atom stereocenters. The van der Waals surface area contributed by atoms with E-state index in [1.807, 2.05) is 25.1 Å². The predicted molar refractivity (Wildman–Crippen MR) is 65.4 cm³/mol. The minimum atomic E-state index is -0.234. The molecule has 1 atom stereocenters. The van der Waals surface area contributed by atoms with Crippen molar-refractivity contribution in [3.8, 4) is 0 Å². The minimum Gasteiger partial charge on any atom is -0.458 e. The Balaban J connectivity index is 2.71. The Labute approximate surface area is 97.6 Å². The summed E-state index contributed by atoms with van der Waals surface area (Å²) in [6.07, 6.45) is 0.794. The highest BCUT2D eigenvalue weighted by molar-refractivity contribution is 5.89. The van der Waals surface area contributed by atoms with Crippen molar-refractivity contribution in [3.05, 3.63) is 35.9 Å². The van der Waals surface area contributed by atoms with Crippen molar-refractivity contribution < 1.29 is 9.53 Å². The van der Waals surface area contributed by atoms with Gasteiger partial charge in [0.2, 0.25) is 0 Å².